The third-order valence-electron chi connectivity index (χ3n) is 3.82. The Morgan fingerprint density at radius 2 is 2.08 bits per heavy atom. The molecule has 7 heteroatoms. The number of aromatic nitrogens is 2. The molecule has 0 bridgehead atoms. The zero-order valence-corrected chi connectivity index (χ0v) is 14.1. The number of rotatable bonds is 3. The zero-order chi connectivity index (χ0) is 17.5. The van der Waals surface area contributed by atoms with E-state index in [1.165, 1.54) is 0 Å². The second-order valence-electron chi connectivity index (χ2n) is 6.41. The van der Waals surface area contributed by atoms with Gasteiger partial charge in [0, 0.05) is 11.4 Å². The smallest absolute Gasteiger partial charge is 0.268 e. The minimum atomic E-state index is -0.909. The minimum absolute atomic E-state index is 0.132. The summed E-state index contributed by atoms with van der Waals surface area (Å²) in [5.74, 6) is 0.168. The van der Waals surface area contributed by atoms with Crippen LogP contribution in [0.2, 0.25) is 0 Å². The summed E-state index contributed by atoms with van der Waals surface area (Å²) in [5.41, 5.74) is 2.02. The van der Waals surface area contributed by atoms with Crippen LogP contribution in [0.4, 0.5) is 11.4 Å². The lowest BCUT2D eigenvalue weighted by atomic mass is 10.1. The van der Waals surface area contributed by atoms with Crippen molar-refractivity contribution in [3.63, 3.8) is 0 Å². The van der Waals surface area contributed by atoms with Gasteiger partial charge in [0.25, 0.3) is 5.91 Å². The van der Waals surface area contributed by atoms with E-state index in [4.69, 9.17) is 4.74 Å². The van der Waals surface area contributed by atoms with E-state index < -0.39 is 5.60 Å². The first-order valence-electron chi connectivity index (χ1n) is 7.70. The molecular formula is C17H20N4O3. The van der Waals surface area contributed by atoms with E-state index >= 15 is 0 Å². The third kappa shape index (κ3) is 3.10. The molecule has 2 N–H and O–H groups in total. The summed E-state index contributed by atoms with van der Waals surface area (Å²) in [6, 6.07) is 7.07. The molecule has 1 aromatic carbocycles. The molecule has 1 aliphatic rings. The van der Waals surface area contributed by atoms with Crippen LogP contribution >= 0.6 is 0 Å². The number of nitrogens with one attached hydrogen (secondary N) is 2. The summed E-state index contributed by atoms with van der Waals surface area (Å²) in [4.78, 5) is 24.1. The second kappa shape index (κ2) is 5.67. The molecule has 1 aliphatic heterocycles. The van der Waals surface area contributed by atoms with E-state index in [-0.39, 0.29) is 18.4 Å². The maximum atomic E-state index is 12.2. The molecule has 0 unspecified atom stereocenters. The topological polar surface area (TPSA) is 85.2 Å². The Bertz CT molecular complexity index is 823. The van der Waals surface area contributed by atoms with Gasteiger partial charge in [-0.25, -0.2) is 0 Å². The van der Waals surface area contributed by atoms with Gasteiger partial charge in [-0.3, -0.25) is 14.3 Å². The van der Waals surface area contributed by atoms with E-state index in [0.29, 0.717) is 17.1 Å². The van der Waals surface area contributed by atoms with Crippen LogP contribution in [0.1, 0.15) is 25.2 Å². The fraction of sp³-hybridized carbons (Fsp3) is 0.353. The maximum Gasteiger partial charge on any atom is 0.268 e. The number of nitrogens with zero attached hydrogens (tertiary/aromatic N) is 2. The largest absolute Gasteiger partial charge is 0.476 e. The van der Waals surface area contributed by atoms with Gasteiger partial charge in [-0.2, -0.15) is 5.10 Å². The number of carbonyl (C=O) groups is 2. The summed E-state index contributed by atoms with van der Waals surface area (Å²) in [5, 5.41) is 9.87. The Morgan fingerprint density at radius 1 is 1.33 bits per heavy atom. The molecule has 0 saturated carbocycles. The van der Waals surface area contributed by atoms with Gasteiger partial charge in [-0.1, -0.05) is 0 Å². The molecule has 0 saturated heterocycles. The average Bonchev–Trinajstić information content (AvgIpc) is 2.78. The van der Waals surface area contributed by atoms with E-state index in [0.717, 1.165) is 11.4 Å². The molecule has 3 rings (SSSR count). The predicted molar refractivity (Wildman–Crippen MR) is 90.1 cm³/mol. The first kappa shape index (κ1) is 16.0. The standard InChI is InChI=1S/C17H20N4O3/c1-10-7-11(2)21(20-10)9-15(22)18-12-5-6-14-13(8-12)19-16(23)17(3,4)24-14/h5-8H,9H2,1-4H3,(H,18,22)(H,19,23). The lowest BCUT2D eigenvalue weighted by Crippen LogP contribution is -2.45. The molecule has 0 spiro atoms. The van der Waals surface area contributed by atoms with Crippen molar-refractivity contribution in [3.8, 4) is 5.75 Å². The lowest BCUT2D eigenvalue weighted by Gasteiger charge is -2.31. The van der Waals surface area contributed by atoms with Crippen molar-refractivity contribution in [2.45, 2.75) is 39.8 Å². The predicted octanol–water partition coefficient (Wildman–Crippen LogP) is 2.25. The van der Waals surface area contributed by atoms with E-state index in [2.05, 4.69) is 15.7 Å². The van der Waals surface area contributed by atoms with Gasteiger partial charge in [0.2, 0.25) is 5.91 Å². The highest BCUT2D eigenvalue weighted by molar-refractivity contribution is 6.01. The van der Waals surface area contributed by atoms with Gasteiger partial charge in [0.05, 0.1) is 11.4 Å². The molecule has 0 atom stereocenters. The van der Waals surface area contributed by atoms with Gasteiger partial charge in [-0.15, -0.1) is 0 Å². The number of ether oxygens (including phenoxy) is 1. The highest BCUT2D eigenvalue weighted by atomic mass is 16.5. The third-order valence-corrected chi connectivity index (χ3v) is 3.82. The van der Waals surface area contributed by atoms with Crippen molar-refractivity contribution in [3.05, 3.63) is 35.7 Å². The van der Waals surface area contributed by atoms with Gasteiger partial charge in [-0.05, 0) is 52.0 Å². The van der Waals surface area contributed by atoms with Crippen LogP contribution in [0.5, 0.6) is 5.75 Å². The lowest BCUT2D eigenvalue weighted by molar-refractivity contribution is -0.129. The van der Waals surface area contributed by atoms with Gasteiger partial charge < -0.3 is 15.4 Å². The fourth-order valence-corrected chi connectivity index (χ4v) is 2.56. The highest BCUT2D eigenvalue weighted by Gasteiger charge is 2.35. The molecule has 0 radical (unpaired) electrons. The molecular weight excluding hydrogens is 308 g/mol. The van der Waals surface area contributed by atoms with Gasteiger partial charge >= 0.3 is 0 Å². The Hall–Kier alpha value is -2.83. The molecule has 2 heterocycles. The summed E-state index contributed by atoms with van der Waals surface area (Å²) < 4.78 is 7.32. The molecule has 0 fully saturated rings. The molecule has 2 amide bonds. The first-order valence-corrected chi connectivity index (χ1v) is 7.70. The fourth-order valence-electron chi connectivity index (χ4n) is 2.56. The number of benzene rings is 1. The molecule has 2 aromatic rings. The van der Waals surface area contributed by atoms with E-state index in [1.54, 1.807) is 36.7 Å². The zero-order valence-electron chi connectivity index (χ0n) is 14.1. The summed E-state index contributed by atoms with van der Waals surface area (Å²) >= 11 is 0. The van der Waals surface area contributed by atoms with Gasteiger partial charge in [0.1, 0.15) is 12.3 Å². The highest BCUT2D eigenvalue weighted by Crippen LogP contribution is 2.35. The van der Waals surface area contributed by atoms with E-state index in [1.807, 2.05) is 19.9 Å². The molecule has 7 nitrogen and oxygen atoms in total. The summed E-state index contributed by atoms with van der Waals surface area (Å²) in [6.45, 7) is 7.33. The van der Waals surface area contributed by atoms with E-state index in [9.17, 15) is 9.59 Å². The van der Waals surface area contributed by atoms with Gasteiger partial charge in [0.15, 0.2) is 5.60 Å². The summed E-state index contributed by atoms with van der Waals surface area (Å²) in [6.07, 6.45) is 0. The van der Waals surface area contributed by atoms with Crippen LogP contribution in [0.25, 0.3) is 0 Å². The Morgan fingerprint density at radius 3 is 2.75 bits per heavy atom. The maximum absolute atomic E-state index is 12.2. The number of anilines is 2. The Balaban J connectivity index is 1.73. The Labute approximate surface area is 140 Å². The van der Waals surface area contributed by atoms with Crippen LogP contribution in [0.3, 0.4) is 0 Å². The monoisotopic (exact) mass is 328 g/mol. The van der Waals surface area contributed by atoms with Crippen LogP contribution in [-0.2, 0) is 16.1 Å². The van der Waals surface area contributed by atoms with Crippen molar-refractivity contribution < 1.29 is 14.3 Å². The minimum Gasteiger partial charge on any atom is -0.476 e. The van der Waals surface area contributed by atoms with Crippen LogP contribution < -0.4 is 15.4 Å². The average molecular weight is 328 g/mol. The second-order valence-corrected chi connectivity index (χ2v) is 6.41. The summed E-state index contributed by atoms with van der Waals surface area (Å²) in [7, 11) is 0. The van der Waals surface area contributed by atoms with Crippen molar-refractivity contribution in [1.29, 1.82) is 0 Å². The van der Waals surface area contributed by atoms with Crippen molar-refractivity contribution >= 4 is 23.2 Å². The number of fused-ring (bicyclic) bond motifs is 1. The van der Waals surface area contributed by atoms with Crippen molar-refractivity contribution in [1.82, 2.24) is 9.78 Å². The molecule has 0 aliphatic carbocycles. The molecule has 1 aromatic heterocycles. The van der Waals surface area contributed by atoms with Crippen LogP contribution in [0.15, 0.2) is 24.3 Å². The normalized spacial score (nSPS) is 15.2. The number of hydrogen-bond acceptors (Lipinski definition) is 4. The van der Waals surface area contributed by atoms with Crippen molar-refractivity contribution in [2.75, 3.05) is 10.6 Å². The number of amides is 2. The quantitative estimate of drug-likeness (QED) is 0.905. The SMILES string of the molecule is Cc1cc(C)n(CC(=O)Nc2ccc3c(c2)NC(=O)C(C)(C)O3)n1. The van der Waals surface area contributed by atoms with Crippen LogP contribution in [-0.4, -0.2) is 27.2 Å². The number of aryl methyl sites for hydroxylation is 2. The molecule has 126 valence electrons. The Kier molecular flexibility index (Phi) is 3.79. The van der Waals surface area contributed by atoms with Crippen LogP contribution in [0, 0.1) is 13.8 Å². The first-order chi connectivity index (χ1) is 11.2. The van der Waals surface area contributed by atoms with Crippen molar-refractivity contribution in [2.24, 2.45) is 0 Å². The number of carbonyl (C=O) groups excluding carboxylic acids is 2. The molecule has 24 heavy (non-hydrogen) atoms. The number of hydrogen-bond donors (Lipinski definition) is 2.